The van der Waals surface area contributed by atoms with Crippen LogP contribution in [0.15, 0.2) is 18.2 Å². The summed E-state index contributed by atoms with van der Waals surface area (Å²) >= 11 is 14.0. The van der Waals surface area contributed by atoms with Crippen molar-refractivity contribution in [2.45, 2.75) is 18.8 Å². The molecule has 0 saturated heterocycles. The van der Waals surface area contributed by atoms with Crippen molar-refractivity contribution in [1.29, 1.82) is 0 Å². The molecule has 0 fully saturated rings. The first-order chi connectivity index (χ1) is 8.13. The first kappa shape index (κ1) is 13.1. The van der Waals surface area contributed by atoms with Gasteiger partial charge in [0.15, 0.2) is 0 Å². The van der Waals surface area contributed by atoms with Gasteiger partial charge in [-0.05, 0) is 31.4 Å². The van der Waals surface area contributed by atoms with Gasteiger partial charge >= 0.3 is 0 Å². The Morgan fingerprint density at radius 3 is 2.88 bits per heavy atom. The van der Waals surface area contributed by atoms with Gasteiger partial charge in [-0.15, -0.1) is 11.6 Å². The van der Waals surface area contributed by atoms with Crippen LogP contribution < -0.4 is 0 Å². The first-order valence-corrected chi connectivity index (χ1v) is 7.63. The van der Waals surface area contributed by atoms with E-state index in [2.05, 4.69) is 15.8 Å². The number of imidazole rings is 1. The van der Waals surface area contributed by atoms with Crippen LogP contribution in [-0.2, 0) is 6.54 Å². The largest absolute Gasteiger partial charge is 0.326 e. The molecule has 1 aromatic heterocycles. The highest BCUT2D eigenvalue weighted by atomic mass is 35.5. The summed E-state index contributed by atoms with van der Waals surface area (Å²) in [6.07, 6.45) is 2.10. The minimum absolute atomic E-state index is 0.0944. The number of hydrogen-bond acceptors (Lipinski definition) is 2. The molecule has 0 bridgehead atoms. The maximum Gasteiger partial charge on any atom is 0.127 e. The lowest BCUT2D eigenvalue weighted by molar-refractivity contribution is 0.724. The summed E-state index contributed by atoms with van der Waals surface area (Å²) in [6, 6.07) is 5.78. The van der Waals surface area contributed by atoms with Crippen molar-refractivity contribution in [2.75, 3.05) is 12.0 Å². The van der Waals surface area contributed by atoms with E-state index in [-0.39, 0.29) is 5.38 Å². The highest BCUT2D eigenvalue weighted by molar-refractivity contribution is 7.98. The minimum Gasteiger partial charge on any atom is -0.326 e. The van der Waals surface area contributed by atoms with Gasteiger partial charge in [0.2, 0.25) is 0 Å². The number of rotatable bonds is 4. The normalized spacial score (nSPS) is 13.2. The summed E-state index contributed by atoms with van der Waals surface area (Å²) in [5, 5.41) is 0.615. The maximum absolute atomic E-state index is 6.18. The summed E-state index contributed by atoms with van der Waals surface area (Å²) in [7, 11) is 0. The number of benzene rings is 1. The van der Waals surface area contributed by atoms with E-state index < -0.39 is 0 Å². The molecule has 17 heavy (non-hydrogen) atoms. The molecule has 0 aliphatic heterocycles. The Kier molecular flexibility index (Phi) is 4.23. The Hall–Kier alpha value is -0.380. The first-order valence-electron chi connectivity index (χ1n) is 5.42. The number of aromatic nitrogens is 2. The lowest BCUT2D eigenvalue weighted by Crippen LogP contribution is -2.06. The second kappa shape index (κ2) is 5.51. The van der Waals surface area contributed by atoms with Gasteiger partial charge in [0.25, 0.3) is 0 Å². The number of thioether (sulfide) groups is 1. The highest BCUT2D eigenvalue weighted by Crippen LogP contribution is 2.26. The second-order valence-electron chi connectivity index (χ2n) is 3.86. The molecule has 1 aromatic carbocycles. The molecule has 0 aliphatic rings. The number of fused-ring (bicyclic) bond motifs is 1. The second-order valence-corrected chi connectivity index (χ2v) is 5.94. The molecule has 0 radical (unpaired) electrons. The van der Waals surface area contributed by atoms with Crippen LogP contribution in [0.3, 0.4) is 0 Å². The summed E-state index contributed by atoms with van der Waals surface area (Å²) in [4.78, 5) is 4.56. The topological polar surface area (TPSA) is 17.8 Å². The molecule has 2 nitrogen and oxygen atoms in total. The van der Waals surface area contributed by atoms with Crippen molar-refractivity contribution in [3.8, 4) is 0 Å². The van der Waals surface area contributed by atoms with Gasteiger partial charge in [-0.3, -0.25) is 0 Å². The molecule has 1 atom stereocenters. The molecule has 1 heterocycles. The third-order valence-electron chi connectivity index (χ3n) is 2.61. The van der Waals surface area contributed by atoms with Gasteiger partial charge in [0.05, 0.1) is 16.4 Å². The number of aryl methyl sites for hydroxylation is 1. The molecule has 1 unspecified atom stereocenters. The lowest BCUT2D eigenvalue weighted by Gasteiger charge is -2.09. The Balaban J connectivity index is 2.54. The Bertz CT molecular complexity index is 522. The minimum atomic E-state index is -0.0944. The zero-order valence-electron chi connectivity index (χ0n) is 9.78. The van der Waals surface area contributed by atoms with Crippen LogP contribution in [0.4, 0.5) is 0 Å². The van der Waals surface area contributed by atoms with Gasteiger partial charge in [-0.25, -0.2) is 4.98 Å². The summed E-state index contributed by atoms with van der Waals surface area (Å²) in [6.45, 7) is 2.87. The number of halogens is 2. The van der Waals surface area contributed by atoms with Gasteiger partial charge in [-0.2, -0.15) is 11.8 Å². The molecule has 0 spiro atoms. The molecule has 92 valence electrons. The van der Waals surface area contributed by atoms with Crippen LogP contribution in [0.5, 0.6) is 0 Å². The van der Waals surface area contributed by atoms with E-state index >= 15 is 0 Å². The van der Waals surface area contributed by atoms with E-state index in [9.17, 15) is 0 Å². The summed E-state index contributed by atoms with van der Waals surface area (Å²) in [5.41, 5.74) is 2.02. The molecule has 0 saturated carbocycles. The fourth-order valence-electron chi connectivity index (χ4n) is 1.84. The van der Waals surface area contributed by atoms with Crippen LogP contribution in [0.25, 0.3) is 11.0 Å². The monoisotopic (exact) mass is 288 g/mol. The lowest BCUT2D eigenvalue weighted by atomic mass is 10.3. The standard InChI is InChI=1S/C12H14Cl2N2S/c1-8(13)12-15-10-7-9(14)3-4-11(10)16(12)5-6-17-2/h3-4,7-8H,5-6H2,1-2H3. The SMILES string of the molecule is CSCCn1c(C(C)Cl)nc2cc(Cl)ccc21. The Labute approximate surface area is 115 Å². The van der Waals surface area contributed by atoms with E-state index in [1.165, 1.54) is 0 Å². The van der Waals surface area contributed by atoms with E-state index in [1.54, 1.807) is 0 Å². The maximum atomic E-state index is 6.18. The van der Waals surface area contributed by atoms with Crippen LogP contribution in [0.2, 0.25) is 5.02 Å². The van der Waals surface area contributed by atoms with Crippen molar-refractivity contribution in [1.82, 2.24) is 9.55 Å². The molecule has 0 amide bonds. The van der Waals surface area contributed by atoms with Crippen molar-refractivity contribution in [3.63, 3.8) is 0 Å². The van der Waals surface area contributed by atoms with Gasteiger partial charge < -0.3 is 4.57 Å². The predicted molar refractivity (Wildman–Crippen MR) is 77.4 cm³/mol. The van der Waals surface area contributed by atoms with E-state index in [4.69, 9.17) is 23.2 Å². The summed E-state index contributed by atoms with van der Waals surface area (Å²) < 4.78 is 2.18. The fourth-order valence-corrected chi connectivity index (χ4v) is 2.54. The molecule has 0 aliphatic carbocycles. The third kappa shape index (κ3) is 2.72. The molecular weight excluding hydrogens is 275 g/mol. The molecule has 2 aromatic rings. The van der Waals surface area contributed by atoms with Crippen LogP contribution in [0.1, 0.15) is 18.1 Å². The smallest absolute Gasteiger partial charge is 0.127 e. The van der Waals surface area contributed by atoms with Gasteiger partial charge in [-0.1, -0.05) is 11.6 Å². The van der Waals surface area contributed by atoms with E-state index in [0.717, 1.165) is 29.2 Å². The summed E-state index contributed by atoms with van der Waals surface area (Å²) in [5.74, 6) is 1.96. The van der Waals surface area contributed by atoms with Crippen molar-refractivity contribution >= 4 is 46.0 Å². The molecule has 0 N–H and O–H groups in total. The van der Waals surface area contributed by atoms with Gasteiger partial charge in [0.1, 0.15) is 5.82 Å². The Morgan fingerprint density at radius 1 is 1.47 bits per heavy atom. The highest BCUT2D eigenvalue weighted by Gasteiger charge is 2.14. The number of nitrogens with zero attached hydrogens (tertiary/aromatic N) is 2. The van der Waals surface area contributed by atoms with Crippen molar-refractivity contribution < 1.29 is 0 Å². The van der Waals surface area contributed by atoms with Crippen LogP contribution >= 0.6 is 35.0 Å². The van der Waals surface area contributed by atoms with Crippen LogP contribution in [0, 0.1) is 0 Å². The molecular formula is C12H14Cl2N2S. The van der Waals surface area contributed by atoms with Crippen molar-refractivity contribution in [3.05, 3.63) is 29.0 Å². The van der Waals surface area contributed by atoms with E-state index in [1.807, 2.05) is 36.9 Å². The average molecular weight is 289 g/mol. The average Bonchev–Trinajstić information content (AvgIpc) is 2.64. The molecule has 5 heteroatoms. The zero-order valence-corrected chi connectivity index (χ0v) is 12.1. The fraction of sp³-hybridized carbons (Fsp3) is 0.417. The van der Waals surface area contributed by atoms with E-state index in [0.29, 0.717) is 5.02 Å². The predicted octanol–water partition coefficient (Wildman–Crippen LogP) is 4.35. The molecule has 2 rings (SSSR count). The third-order valence-corrected chi connectivity index (χ3v) is 3.64. The quantitative estimate of drug-likeness (QED) is 0.779. The van der Waals surface area contributed by atoms with Gasteiger partial charge in [0, 0.05) is 17.3 Å². The van der Waals surface area contributed by atoms with Crippen molar-refractivity contribution in [2.24, 2.45) is 0 Å². The number of alkyl halides is 1. The van der Waals surface area contributed by atoms with Crippen LogP contribution in [-0.4, -0.2) is 21.6 Å². The zero-order chi connectivity index (χ0) is 12.4. The Morgan fingerprint density at radius 2 is 2.24 bits per heavy atom. The number of hydrogen-bond donors (Lipinski definition) is 0.